The molecule has 3 atom stereocenters. The number of hydrogen-bond acceptors (Lipinski definition) is 3. The molecule has 0 N–H and O–H groups in total. The van der Waals surface area contributed by atoms with Crippen molar-refractivity contribution in [2.75, 3.05) is 0 Å². The summed E-state index contributed by atoms with van der Waals surface area (Å²) in [7, 11) is 0. The van der Waals surface area contributed by atoms with E-state index in [4.69, 9.17) is 9.72 Å². The lowest BCUT2D eigenvalue weighted by atomic mass is 9.75. The Labute approximate surface area is 198 Å². The molecular weight excluding hydrogens is 408 g/mol. The quantitative estimate of drug-likeness (QED) is 0.396. The van der Waals surface area contributed by atoms with Crippen LogP contribution in [0.1, 0.15) is 66.4 Å². The second-order valence-corrected chi connectivity index (χ2v) is 11.2. The average molecular weight is 447 g/mol. The molecule has 1 saturated carbocycles. The first kappa shape index (κ1) is 23.5. The second-order valence-electron chi connectivity index (χ2n) is 11.2. The first-order valence-electron chi connectivity index (χ1n) is 12.4. The Balaban J connectivity index is 1.62. The first-order valence-corrected chi connectivity index (χ1v) is 12.4. The molecule has 1 aromatic heterocycles. The maximum absolute atomic E-state index is 13.2. The van der Waals surface area contributed by atoms with Gasteiger partial charge >= 0.3 is 5.97 Å². The molecule has 4 heteroatoms. The van der Waals surface area contributed by atoms with Crippen molar-refractivity contribution in [1.29, 1.82) is 0 Å². The highest BCUT2D eigenvalue weighted by Gasteiger charge is 2.33. The zero-order valence-corrected chi connectivity index (χ0v) is 21.0. The number of hydrogen-bond donors (Lipinski definition) is 0. The smallest absolute Gasteiger partial charge is 0.326 e. The molecule has 176 valence electrons. The minimum Gasteiger partial charge on any atom is -0.461 e. The number of esters is 1. The fourth-order valence-corrected chi connectivity index (χ4v) is 5.16. The van der Waals surface area contributed by atoms with E-state index in [1.54, 1.807) is 0 Å². The molecule has 33 heavy (non-hydrogen) atoms. The molecule has 4 nitrogen and oxygen atoms in total. The summed E-state index contributed by atoms with van der Waals surface area (Å²) < 4.78 is 8.14. The summed E-state index contributed by atoms with van der Waals surface area (Å²) >= 11 is 0. The molecule has 0 bridgehead atoms. The van der Waals surface area contributed by atoms with Gasteiger partial charge in [0.25, 0.3) is 0 Å². The maximum Gasteiger partial charge on any atom is 0.326 e. The van der Waals surface area contributed by atoms with E-state index in [9.17, 15) is 4.79 Å². The number of ether oxygens (including phenoxy) is 1. The van der Waals surface area contributed by atoms with Gasteiger partial charge in [-0.2, -0.15) is 0 Å². The highest BCUT2D eigenvalue weighted by Crippen LogP contribution is 2.36. The highest BCUT2D eigenvalue weighted by molar-refractivity contribution is 5.83. The van der Waals surface area contributed by atoms with E-state index in [0.29, 0.717) is 17.8 Å². The second kappa shape index (κ2) is 9.32. The number of nitrogens with zero attached hydrogens (tertiary/aromatic N) is 2. The Kier molecular flexibility index (Phi) is 6.65. The van der Waals surface area contributed by atoms with Crippen molar-refractivity contribution in [1.82, 2.24) is 9.55 Å². The lowest BCUT2D eigenvalue weighted by Gasteiger charge is -2.36. The molecule has 0 radical (unpaired) electrons. The Morgan fingerprint density at radius 3 is 2.45 bits per heavy atom. The third-order valence-electron chi connectivity index (χ3n) is 7.20. The van der Waals surface area contributed by atoms with Crippen LogP contribution >= 0.6 is 0 Å². The molecule has 1 fully saturated rings. The van der Waals surface area contributed by atoms with Crippen LogP contribution in [0.5, 0.6) is 0 Å². The number of benzene rings is 2. The summed E-state index contributed by atoms with van der Waals surface area (Å²) in [6, 6.07) is 16.6. The summed E-state index contributed by atoms with van der Waals surface area (Å²) in [6.45, 7) is 13.6. The fourth-order valence-electron chi connectivity index (χ4n) is 5.16. The standard InChI is InChI=1S/C29H38N2O2/c1-19(2)23-16-11-20(3)17-26(23)33-27(32)18-31-25-10-8-7-9-24(25)30-28(31)21-12-14-22(15-13-21)29(4,5)6/h7-10,12-15,19-20,23,26H,11,16-18H2,1-6H3/t20-,23?,26-/m1/s1. The van der Waals surface area contributed by atoms with E-state index in [1.807, 2.05) is 28.8 Å². The van der Waals surface area contributed by atoms with Gasteiger partial charge in [-0.05, 0) is 53.7 Å². The first-order chi connectivity index (χ1) is 15.6. The molecule has 3 aromatic rings. The van der Waals surface area contributed by atoms with Crippen LogP contribution in [0.25, 0.3) is 22.4 Å². The van der Waals surface area contributed by atoms with Crippen LogP contribution in [0.15, 0.2) is 48.5 Å². The molecule has 4 rings (SSSR count). The summed E-state index contributed by atoms with van der Waals surface area (Å²) in [5, 5.41) is 0. The van der Waals surface area contributed by atoms with E-state index >= 15 is 0 Å². The van der Waals surface area contributed by atoms with Gasteiger partial charge in [0.2, 0.25) is 0 Å². The Bertz CT molecular complexity index is 1100. The van der Waals surface area contributed by atoms with Gasteiger partial charge < -0.3 is 9.30 Å². The number of fused-ring (bicyclic) bond motifs is 1. The molecular formula is C29H38N2O2. The van der Waals surface area contributed by atoms with Crippen LogP contribution in [-0.4, -0.2) is 21.6 Å². The SMILES string of the molecule is CC(C)C1CC[C@@H](C)C[C@H]1OC(=O)Cn1c(-c2ccc(C(C)(C)C)cc2)nc2ccccc21. The Hall–Kier alpha value is -2.62. The van der Waals surface area contributed by atoms with Crippen molar-refractivity contribution in [2.45, 2.75) is 78.9 Å². The number of rotatable bonds is 5. The minimum absolute atomic E-state index is 0.00514. The van der Waals surface area contributed by atoms with Crippen molar-refractivity contribution in [3.63, 3.8) is 0 Å². The van der Waals surface area contributed by atoms with E-state index in [1.165, 1.54) is 12.0 Å². The van der Waals surface area contributed by atoms with E-state index < -0.39 is 0 Å². The van der Waals surface area contributed by atoms with Crippen LogP contribution in [0, 0.1) is 17.8 Å². The zero-order chi connectivity index (χ0) is 23.8. The van der Waals surface area contributed by atoms with Crippen LogP contribution in [0.4, 0.5) is 0 Å². The molecule has 2 aromatic carbocycles. The minimum atomic E-state index is -0.171. The van der Waals surface area contributed by atoms with Crippen molar-refractivity contribution in [3.05, 3.63) is 54.1 Å². The van der Waals surface area contributed by atoms with Gasteiger partial charge in [-0.3, -0.25) is 4.79 Å². The Morgan fingerprint density at radius 1 is 1.09 bits per heavy atom. The van der Waals surface area contributed by atoms with E-state index in [-0.39, 0.29) is 24.0 Å². The third kappa shape index (κ3) is 5.15. The van der Waals surface area contributed by atoms with Gasteiger partial charge in [-0.1, -0.05) is 84.4 Å². The molecule has 1 aliphatic carbocycles. The largest absolute Gasteiger partial charge is 0.461 e. The normalized spacial score (nSPS) is 21.5. The van der Waals surface area contributed by atoms with E-state index in [0.717, 1.165) is 35.3 Å². The lowest BCUT2D eigenvalue weighted by Crippen LogP contribution is -2.36. The average Bonchev–Trinajstić information content (AvgIpc) is 3.11. The maximum atomic E-state index is 13.2. The third-order valence-corrected chi connectivity index (χ3v) is 7.20. The van der Waals surface area contributed by atoms with Crippen molar-refractivity contribution >= 4 is 17.0 Å². The fraction of sp³-hybridized carbons (Fsp3) is 0.517. The van der Waals surface area contributed by atoms with Gasteiger partial charge in [0.1, 0.15) is 18.5 Å². The van der Waals surface area contributed by atoms with Crippen molar-refractivity contribution in [3.8, 4) is 11.4 Å². The predicted molar refractivity (Wildman–Crippen MR) is 135 cm³/mol. The van der Waals surface area contributed by atoms with Gasteiger partial charge in [-0.15, -0.1) is 0 Å². The number of para-hydroxylation sites is 2. The molecule has 1 unspecified atom stereocenters. The highest BCUT2D eigenvalue weighted by atomic mass is 16.5. The lowest BCUT2D eigenvalue weighted by molar-refractivity contribution is -0.156. The topological polar surface area (TPSA) is 44.1 Å². The van der Waals surface area contributed by atoms with Gasteiger partial charge in [0.05, 0.1) is 11.0 Å². The molecule has 1 heterocycles. The predicted octanol–water partition coefficient (Wildman–Crippen LogP) is 7.00. The molecule has 1 aliphatic rings. The molecule has 0 aliphatic heterocycles. The summed E-state index contributed by atoms with van der Waals surface area (Å²) in [5.74, 6) is 2.20. The van der Waals surface area contributed by atoms with Crippen LogP contribution in [-0.2, 0) is 21.5 Å². The van der Waals surface area contributed by atoms with E-state index in [2.05, 4.69) is 65.8 Å². The molecule has 0 amide bonds. The molecule has 0 spiro atoms. The number of imidazole rings is 1. The molecule has 0 saturated heterocycles. The van der Waals surface area contributed by atoms with Gasteiger partial charge in [-0.25, -0.2) is 4.98 Å². The van der Waals surface area contributed by atoms with Gasteiger partial charge in [0.15, 0.2) is 0 Å². The monoisotopic (exact) mass is 446 g/mol. The number of carbonyl (C=O) groups excluding carboxylic acids is 1. The van der Waals surface area contributed by atoms with Crippen LogP contribution in [0.2, 0.25) is 0 Å². The van der Waals surface area contributed by atoms with Crippen molar-refractivity contribution < 1.29 is 9.53 Å². The summed E-state index contributed by atoms with van der Waals surface area (Å²) in [6.07, 6.45) is 3.32. The van der Waals surface area contributed by atoms with Gasteiger partial charge in [0, 0.05) is 5.56 Å². The zero-order valence-electron chi connectivity index (χ0n) is 21.0. The van der Waals surface area contributed by atoms with Crippen LogP contribution < -0.4 is 0 Å². The Morgan fingerprint density at radius 2 is 1.79 bits per heavy atom. The summed E-state index contributed by atoms with van der Waals surface area (Å²) in [4.78, 5) is 18.1. The summed E-state index contributed by atoms with van der Waals surface area (Å²) in [5.41, 5.74) is 4.23. The van der Waals surface area contributed by atoms with Crippen molar-refractivity contribution in [2.24, 2.45) is 17.8 Å². The number of aromatic nitrogens is 2. The van der Waals surface area contributed by atoms with Crippen LogP contribution in [0.3, 0.4) is 0 Å². The number of carbonyl (C=O) groups is 1.